The molecule has 4 aromatic rings. The zero-order valence-corrected chi connectivity index (χ0v) is 24.4. The summed E-state index contributed by atoms with van der Waals surface area (Å²) in [6, 6.07) is 21.2. The molecule has 0 saturated carbocycles. The Morgan fingerprint density at radius 2 is 1.70 bits per heavy atom. The number of hydrogen-bond donors (Lipinski definition) is 4. The average molecular weight is 624 g/mol. The molecule has 3 aromatic carbocycles. The van der Waals surface area contributed by atoms with Crippen molar-refractivity contribution in [1.29, 1.82) is 0 Å². The van der Waals surface area contributed by atoms with Crippen molar-refractivity contribution < 1.29 is 35.9 Å². The maximum Gasteiger partial charge on any atom is 0.268 e. The van der Waals surface area contributed by atoms with E-state index in [1.165, 1.54) is 11.3 Å². The lowest BCUT2D eigenvalue weighted by molar-refractivity contribution is -0.668. The van der Waals surface area contributed by atoms with E-state index < -0.39 is 21.0 Å². The van der Waals surface area contributed by atoms with Gasteiger partial charge in [-0.2, -0.15) is 13.0 Å². The van der Waals surface area contributed by atoms with Gasteiger partial charge in [-0.15, -0.1) is 0 Å². The van der Waals surface area contributed by atoms with Gasteiger partial charge >= 0.3 is 0 Å². The third-order valence-electron chi connectivity index (χ3n) is 6.36. The molecular formula is C27H28ClN2O7S3+. The second-order valence-electron chi connectivity index (χ2n) is 9.32. The molecule has 40 heavy (non-hydrogen) atoms. The fraction of sp³-hybridized carbons (Fsp3) is 0.222. The van der Waals surface area contributed by atoms with E-state index in [0.29, 0.717) is 29.6 Å². The normalized spacial score (nSPS) is 15.0. The van der Waals surface area contributed by atoms with Crippen LogP contribution in [0.4, 0.5) is 5.69 Å². The van der Waals surface area contributed by atoms with Crippen LogP contribution < -0.4 is 14.2 Å². The summed E-state index contributed by atoms with van der Waals surface area (Å²) < 4.78 is 69.7. The van der Waals surface area contributed by atoms with E-state index in [1.807, 2.05) is 76.2 Å². The highest BCUT2D eigenvalue weighted by Gasteiger charge is 2.30. The number of hydrogen-bond acceptors (Lipinski definition) is 8. The lowest BCUT2D eigenvalue weighted by Gasteiger charge is -2.18. The van der Waals surface area contributed by atoms with Crippen molar-refractivity contribution >= 4 is 65.9 Å². The van der Waals surface area contributed by atoms with Gasteiger partial charge in [-0.3, -0.25) is 4.55 Å². The zero-order valence-electron chi connectivity index (χ0n) is 21.2. The molecule has 0 atom stereocenters. The third-order valence-corrected chi connectivity index (χ3v) is 9.35. The van der Waals surface area contributed by atoms with Gasteiger partial charge in [0.1, 0.15) is 4.70 Å². The highest BCUT2D eigenvalue weighted by molar-refractivity contribution is 8.19. The minimum atomic E-state index is -4.13. The molecule has 0 bridgehead atoms. The summed E-state index contributed by atoms with van der Waals surface area (Å²) in [6.45, 7) is 0.656. The highest BCUT2D eigenvalue weighted by Crippen LogP contribution is 2.42. The summed E-state index contributed by atoms with van der Waals surface area (Å²) in [5.41, 5.74) is 3.61. The Balaban J connectivity index is 1.54. The molecule has 0 fully saturated rings. The van der Waals surface area contributed by atoms with Crippen LogP contribution in [0.25, 0.3) is 27.4 Å². The Kier molecular flexibility index (Phi) is 8.41. The predicted octanol–water partition coefficient (Wildman–Crippen LogP) is 6.60. The predicted molar refractivity (Wildman–Crippen MR) is 161 cm³/mol. The topological polar surface area (TPSA) is 131 Å². The fourth-order valence-electron chi connectivity index (χ4n) is 4.59. The van der Waals surface area contributed by atoms with Crippen molar-refractivity contribution in [3.8, 4) is 16.9 Å². The smallest absolute Gasteiger partial charge is 0.268 e. The largest absolute Gasteiger partial charge is 0.438 e. The standard InChI is InChI=1S/C27H27ClN2O7S3/c28-21-9-11-25-23(17-21)30(13-5-15-40(34,35)36)27(38-25)18-26-29(12-4-14-39(31,32)33)22-16-20(8-10-24(22)37-26)19-6-2-1-3-7-19/h1-3,6-11,16-18H,4-5,12-15H2,(H3-,31,32,33,34,35,36)/p+1. The van der Waals surface area contributed by atoms with Gasteiger partial charge in [-0.25, -0.2) is 0 Å². The van der Waals surface area contributed by atoms with E-state index in [1.54, 1.807) is 6.07 Å². The molecule has 0 aliphatic carbocycles. The Labute approximate surface area is 242 Å². The van der Waals surface area contributed by atoms with Crippen molar-refractivity contribution in [2.45, 2.75) is 19.4 Å². The first kappa shape index (κ1) is 28.8. The molecule has 0 saturated heterocycles. The van der Waals surface area contributed by atoms with Gasteiger partial charge in [0.15, 0.2) is 12.3 Å². The molecule has 13 heteroatoms. The van der Waals surface area contributed by atoms with Gasteiger partial charge < -0.3 is 23.3 Å². The maximum atomic E-state index is 11.4. The average Bonchev–Trinajstić information content (AvgIpc) is 3.40. The summed E-state index contributed by atoms with van der Waals surface area (Å²) in [5, 5.41) is 1.34. The van der Waals surface area contributed by atoms with Crippen LogP contribution in [-0.2, 0) is 16.7 Å². The molecule has 0 radical (unpaired) electrons. The zero-order chi connectivity index (χ0) is 28.5. The van der Waals surface area contributed by atoms with Crippen LogP contribution in [0.2, 0.25) is 5.02 Å². The van der Waals surface area contributed by atoms with E-state index in [4.69, 9.17) is 16.3 Å². The molecule has 0 amide bonds. The molecule has 212 valence electrons. The van der Waals surface area contributed by atoms with Crippen LogP contribution in [0.5, 0.6) is 5.75 Å². The fourth-order valence-corrected chi connectivity index (χ4v) is 6.86. The van der Waals surface area contributed by atoms with Crippen LogP contribution >= 0.6 is 33.8 Å². The van der Waals surface area contributed by atoms with Crippen molar-refractivity contribution in [2.75, 3.05) is 23.0 Å². The lowest BCUT2D eigenvalue weighted by atomic mass is 10.0. The van der Waals surface area contributed by atoms with Crippen LogP contribution in [0.15, 0.2) is 72.6 Å². The van der Waals surface area contributed by atoms with Crippen LogP contribution in [0.1, 0.15) is 17.8 Å². The van der Waals surface area contributed by atoms with Gasteiger partial charge in [-0.1, -0.05) is 59.3 Å². The number of anilines is 1. The quantitative estimate of drug-likeness (QED) is 0.115. The van der Waals surface area contributed by atoms with Crippen molar-refractivity contribution in [2.24, 2.45) is 0 Å². The second-order valence-corrected chi connectivity index (χ2v) is 14.1. The molecule has 9 nitrogen and oxygen atoms in total. The van der Waals surface area contributed by atoms with E-state index in [2.05, 4.69) is 0 Å². The van der Waals surface area contributed by atoms with Gasteiger partial charge in [0.25, 0.3) is 15.1 Å². The van der Waals surface area contributed by atoms with Crippen molar-refractivity contribution in [1.82, 2.24) is 0 Å². The van der Waals surface area contributed by atoms with Crippen LogP contribution in [-0.4, -0.2) is 44.7 Å². The lowest BCUT2D eigenvalue weighted by Crippen LogP contribution is -2.36. The highest BCUT2D eigenvalue weighted by atomic mass is 35.5. The van der Waals surface area contributed by atoms with Crippen LogP contribution in [0.3, 0.4) is 0 Å². The Morgan fingerprint density at radius 1 is 0.925 bits per heavy atom. The second kappa shape index (κ2) is 11.7. The summed E-state index contributed by atoms with van der Waals surface area (Å²) in [5.74, 6) is 0.537. The number of thiazole rings is 1. The van der Waals surface area contributed by atoms with E-state index in [-0.39, 0.29) is 24.5 Å². The summed E-state index contributed by atoms with van der Waals surface area (Å²) in [7, 11) is -7.75. The molecule has 0 spiro atoms. The molecule has 1 aromatic heterocycles. The Bertz CT molecular complexity index is 1670. The molecule has 1 aliphatic heterocycles. The minimum absolute atomic E-state index is 0.167. The third kappa shape index (κ3) is 6.96. The number of aryl methyl sites for hydroxylation is 1. The summed E-state index contributed by atoms with van der Waals surface area (Å²) in [6.07, 6.45) is 2.33. The molecule has 1 aliphatic rings. The van der Waals surface area contributed by atoms with E-state index in [9.17, 15) is 26.6 Å². The number of fused-ring (bicyclic) bond motifs is 2. The number of benzene rings is 3. The molecule has 5 rings (SSSR count). The number of rotatable bonds is 10. The van der Waals surface area contributed by atoms with Gasteiger partial charge in [-0.05, 0) is 41.8 Å². The molecule has 2 heterocycles. The van der Waals surface area contributed by atoms with Crippen molar-refractivity contribution in [3.63, 3.8) is 0 Å². The van der Waals surface area contributed by atoms with E-state index in [0.717, 1.165) is 32.0 Å². The number of ether oxygens (including phenoxy) is 1. The van der Waals surface area contributed by atoms with Gasteiger partial charge in [0.2, 0.25) is 11.4 Å². The van der Waals surface area contributed by atoms with Crippen LogP contribution in [0, 0.1) is 0 Å². The molecule has 0 unspecified atom stereocenters. The maximum absolute atomic E-state index is 11.4. The first-order chi connectivity index (χ1) is 19.0. The number of nitrogens with zero attached hydrogens (tertiary/aromatic N) is 2. The summed E-state index contributed by atoms with van der Waals surface area (Å²) >= 11 is 7.77. The minimum Gasteiger partial charge on any atom is -0.438 e. The van der Waals surface area contributed by atoms with Gasteiger partial charge in [0, 0.05) is 24.1 Å². The Hall–Kier alpha value is -2.68. The van der Waals surface area contributed by atoms with E-state index >= 15 is 0 Å². The first-order valence-corrected chi connectivity index (χ1v) is 16.9. The van der Waals surface area contributed by atoms with Crippen molar-refractivity contribution in [3.05, 3.63) is 82.6 Å². The number of halogens is 1. The first-order valence-electron chi connectivity index (χ1n) is 12.4. The number of aromatic nitrogens is 1. The molecular weight excluding hydrogens is 596 g/mol. The molecule has 4 N–H and O–H groups in total. The Morgan fingerprint density at radius 3 is 2.42 bits per heavy atom. The van der Waals surface area contributed by atoms with Gasteiger partial charge in [0.05, 0.1) is 34.1 Å². The SMILES string of the molecule is O=S(=O)(O)CCCN1C(=Cc2sc3ccc(Cl)cc3[n+]2CCCS(O)(O)O)Oc2ccc(-c3ccccc3)cc21. The summed E-state index contributed by atoms with van der Waals surface area (Å²) in [4.78, 5) is 1.89. The monoisotopic (exact) mass is 623 g/mol.